The lowest BCUT2D eigenvalue weighted by atomic mass is 10.1. The molecule has 0 spiro atoms. The first-order chi connectivity index (χ1) is 9.58. The lowest BCUT2D eigenvalue weighted by Gasteiger charge is -2.15. The number of aromatic nitrogens is 1. The van der Waals surface area contributed by atoms with Crippen LogP contribution < -0.4 is 16.0 Å². The average Bonchev–Trinajstić information content (AvgIpc) is 2.46. The summed E-state index contributed by atoms with van der Waals surface area (Å²) in [6.07, 6.45) is 0. The van der Waals surface area contributed by atoms with E-state index in [-0.39, 0.29) is 11.6 Å². The fourth-order valence-corrected chi connectivity index (χ4v) is 2.29. The number of pyridine rings is 1. The molecule has 0 amide bonds. The van der Waals surface area contributed by atoms with Crippen molar-refractivity contribution in [1.29, 1.82) is 0 Å². The first-order valence-electron chi connectivity index (χ1n) is 6.72. The Kier molecular flexibility index (Phi) is 4.25. The molecule has 4 nitrogen and oxygen atoms in total. The molecule has 2 rings (SSSR count). The summed E-state index contributed by atoms with van der Waals surface area (Å²) in [5.41, 5.74) is 8.29. The second-order valence-corrected chi connectivity index (χ2v) is 4.74. The molecule has 0 saturated carbocycles. The molecule has 2 N–H and O–H groups in total. The summed E-state index contributed by atoms with van der Waals surface area (Å²) in [7, 11) is 1.63. The summed E-state index contributed by atoms with van der Waals surface area (Å²) in [5, 5.41) is 0. The van der Waals surface area contributed by atoms with Crippen LogP contribution in [0.1, 0.15) is 25.5 Å². The van der Waals surface area contributed by atoms with Crippen LogP contribution >= 0.6 is 0 Å². The van der Waals surface area contributed by atoms with Crippen LogP contribution in [-0.2, 0) is 6.54 Å². The molecule has 0 bridgehead atoms. The van der Waals surface area contributed by atoms with Crippen molar-refractivity contribution >= 4 is 0 Å². The molecule has 0 aliphatic rings. The minimum Gasteiger partial charge on any atom is -0.497 e. The molecule has 1 atom stereocenters. The van der Waals surface area contributed by atoms with Gasteiger partial charge in [-0.2, -0.15) is 0 Å². The fourth-order valence-electron chi connectivity index (χ4n) is 2.29. The van der Waals surface area contributed by atoms with Gasteiger partial charge in [-0.25, -0.2) is 0 Å². The predicted molar refractivity (Wildman–Crippen MR) is 81.0 cm³/mol. The van der Waals surface area contributed by atoms with Crippen molar-refractivity contribution in [3.8, 4) is 17.0 Å². The lowest BCUT2D eigenvalue weighted by Crippen LogP contribution is -2.27. The van der Waals surface area contributed by atoms with Crippen molar-refractivity contribution in [3.63, 3.8) is 0 Å². The van der Waals surface area contributed by atoms with Gasteiger partial charge in [0.05, 0.1) is 12.8 Å². The molecule has 0 radical (unpaired) electrons. The zero-order chi connectivity index (χ0) is 14.7. The highest BCUT2D eigenvalue weighted by molar-refractivity contribution is 5.62. The Hall–Kier alpha value is -2.07. The first-order valence-corrected chi connectivity index (χ1v) is 6.72. The summed E-state index contributed by atoms with van der Waals surface area (Å²) in [4.78, 5) is 12.4. The maximum Gasteiger partial charge on any atom is 0.255 e. The third kappa shape index (κ3) is 2.60. The van der Waals surface area contributed by atoms with Crippen LogP contribution in [0, 0.1) is 0 Å². The highest BCUT2D eigenvalue weighted by atomic mass is 16.5. The average molecular weight is 272 g/mol. The molecule has 0 saturated heterocycles. The second-order valence-electron chi connectivity index (χ2n) is 4.74. The molecule has 0 fully saturated rings. The van der Waals surface area contributed by atoms with Gasteiger partial charge in [0.2, 0.25) is 0 Å². The Morgan fingerprint density at radius 3 is 2.65 bits per heavy atom. The van der Waals surface area contributed by atoms with Gasteiger partial charge in [-0.15, -0.1) is 0 Å². The zero-order valence-corrected chi connectivity index (χ0v) is 12.1. The van der Waals surface area contributed by atoms with Gasteiger partial charge in [-0.05, 0) is 38.1 Å². The molecule has 1 heterocycles. The van der Waals surface area contributed by atoms with E-state index in [1.807, 2.05) is 50.2 Å². The second kappa shape index (κ2) is 5.92. The van der Waals surface area contributed by atoms with Gasteiger partial charge >= 0.3 is 0 Å². The maximum atomic E-state index is 12.4. The molecule has 106 valence electrons. The van der Waals surface area contributed by atoms with Crippen molar-refractivity contribution in [2.75, 3.05) is 7.11 Å². The van der Waals surface area contributed by atoms with Crippen molar-refractivity contribution < 1.29 is 4.74 Å². The number of benzene rings is 1. The van der Waals surface area contributed by atoms with Gasteiger partial charge in [0.25, 0.3) is 5.56 Å². The lowest BCUT2D eigenvalue weighted by molar-refractivity contribution is 0.415. The Morgan fingerprint density at radius 2 is 2.05 bits per heavy atom. The summed E-state index contributed by atoms with van der Waals surface area (Å²) in [6, 6.07) is 11.2. The molecular weight excluding hydrogens is 252 g/mol. The third-order valence-electron chi connectivity index (χ3n) is 3.38. The van der Waals surface area contributed by atoms with Crippen LogP contribution in [0.5, 0.6) is 5.75 Å². The number of hydrogen-bond donors (Lipinski definition) is 1. The number of methoxy groups -OCH3 is 1. The quantitative estimate of drug-likeness (QED) is 0.930. The van der Waals surface area contributed by atoms with Crippen LogP contribution in [0.15, 0.2) is 41.2 Å². The van der Waals surface area contributed by atoms with E-state index in [1.165, 1.54) is 0 Å². The Morgan fingerprint density at radius 1 is 1.30 bits per heavy atom. The van der Waals surface area contributed by atoms with E-state index >= 15 is 0 Å². The number of nitrogens with two attached hydrogens (primary N) is 1. The summed E-state index contributed by atoms with van der Waals surface area (Å²) < 4.78 is 6.98. The summed E-state index contributed by atoms with van der Waals surface area (Å²) >= 11 is 0. The molecule has 1 aromatic heterocycles. The van der Waals surface area contributed by atoms with Crippen LogP contribution in [0.4, 0.5) is 0 Å². The van der Waals surface area contributed by atoms with Gasteiger partial charge < -0.3 is 15.0 Å². The molecular formula is C16H20N2O2. The Bertz CT molecular complexity index is 660. The minimum atomic E-state index is -0.264. The third-order valence-corrected chi connectivity index (χ3v) is 3.38. The van der Waals surface area contributed by atoms with Gasteiger partial charge in [0.15, 0.2) is 0 Å². The minimum absolute atomic E-state index is 0.0252. The Labute approximate surface area is 118 Å². The molecule has 4 heteroatoms. The molecule has 0 aliphatic carbocycles. The fraction of sp³-hybridized carbons (Fsp3) is 0.312. The largest absolute Gasteiger partial charge is 0.497 e. The SMILES string of the molecule is CCn1c(-c2cccc(OC)c2)ccc(C(C)N)c1=O. The van der Waals surface area contributed by atoms with Crippen molar-refractivity contribution in [1.82, 2.24) is 4.57 Å². The smallest absolute Gasteiger partial charge is 0.255 e. The van der Waals surface area contributed by atoms with Gasteiger partial charge in [-0.1, -0.05) is 12.1 Å². The number of ether oxygens (including phenoxy) is 1. The van der Waals surface area contributed by atoms with Crippen LogP contribution in [0.2, 0.25) is 0 Å². The topological polar surface area (TPSA) is 57.2 Å². The van der Waals surface area contributed by atoms with E-state index in [1.54, 1.807) is 11.7 Å². The van der Waals surface area contributed by atoms with Crippen LogP contribution in [0.3, 0.4) is 0 Å². The highest BCUT2D eigenvalue weighted by Crippen LogP contribution is 2.23. The van der Waals surface area contributed by atoms with Crippen molar-refractivity contribution in [2.24, 2.45) is 5.73 Å². The monoisotopic (exact) mass is 272 g/mol. The highest BCUT2D eigenvalue weighted by Gasteiger charge is 2.12. The van der Waals surface area contributed by atoms with E-state index in [0.717, 1.165) is 17.0 Å². The first kappa shape index (κ1) is 14.3. The van der Waals surface area contributed by atoms with Gasteiger partial charge in [0, 0.05) is 23.7 Å². The molecule has 0 aliphatic heterocycles. The van der Waals surface area contributed by atoms with Crippen molar-refractivity contribution in [3.05, 3.63) is 52.3 Å². The molecule has 2 aromatic rings. The van der Waals surface area contributed by atoms with Crippen LogP contribution in [-0.4, -0.2) is 11.7 Å². The molecule has 1 aromatic carbocycles. The van der Waals surface area contributed by atoms with Gasteiger partial charge in [-0.3, -0.25) is 4.79 Å². The molecule has 20 heavy (non-hydrogen) atoms. The number of nitrogens with zero attached hydrogens (tertiary/aromatic N) is 1. The number of hydrogen-bond acceptors (Lipinski definition) is 3. The standard InChI is InChI=1S/C16H20N2O2/c1-4-18-15(9-8-14(11(2)17)16(18)19)12-6-5-7-13(10-12)20-3/h5-11H,4,17H2,1-3H3. The predicted octanol–water partition coefficient (Wildman–Crippen LogP) is 2.56. The van der Waals surface area contributed by atoms with E-state index in [9.17, 15) is 4.79 Å². The maximum absolute atomic E-state index is 12.4. The summed E-state index contributed by atoms with van der Waals surface area (Å²) in [6.45, 7) is 4.38. The zero-order valence-electron chi connectivity index (χ0n) is 12.1. The van der Waals surface area contributed by atoms with E-state index < -0.39 is 0 Å². The van der Waals surface area contributed by atoms with E-state index in [0.29, 0.717) is 12.1 Å². The van der Waals surface area contributed by atoms with E-state index in [2.05, 4.69) is 0 Å². The number of rotatable bonds is 4. The summed E-state index contributed by atoms with van der Waals surface area (Å²) in [5.74, 6) is 0.772. The van der Waals surface area contributed by atoms with Crippen LogP contribution in [0.25, 0.3) is 11.3 Å². The Balaban J connectivity index is 2.62. The molecule has 1 unspecified atom stereocenters. The van der Waals surface area contributed by atoms with Crippen molar-refractivity contribution in [2.45, 2.75) is 26.4 Å². The van der Waals surface area contributed by atoms with Gasteiger partial charge in [0.1, 0.15) is 5.75 Å². The van der Waals surface area contributed by atoms with E-state index in [4.69, 9.17) is 10.5 Å². The normalized spacial score (nSPS) is 12.2.